The number of hydrogen-bond donors (Lipinski definition) is 1. The normalized spacial score (nSPS) is 13.1. The highest BCUT2D eigenvalue weighted by atomic mass is 16.5. The minimum Gasteiger partial charge on any atom is -0.489 e. The van der Waals surface area contributed by atoms with E-state index >= 15 is 0 Å². The molecule has 0 unspecified atom stereocenters. The fraction of sp³-hybridized carbons (Fsp3) is 0.200. The maximum atomic E-state index is 12.6. The highest BCUT2D eigenvalue weighted by molar-refractivity contribution is 6.04. The molecule has 5 heteroatoms. The molecular weight excluding hydrogens is 376 g/mol. The first-order valence-electron chi connectivity index (χ1n) is 10.2. The lowest BCUT2D eigenvalue weighted by Gasteiger charge is -2.15. The summed E-state index contributed by atoms with van der Waals surface area (Å²) in [5, 5.41) is 2.88. The Kier molecular flexibility index (Phi) is 6.09. The predicted octanol–water partition coefficient (Wildman–Crippen LogP) is 4.75. The number of anilines is 1. The zero-order valence-corrected chi connectivity index (χ0v) is 16.7. The number of nitrogens with zero attached hydrogens (tertiary/aromatic N) is 1. The van der Waals surface area contributed by atoms with Crippen molar-refractivity contribution in [2.75, 3.05) is 18.4 Å². The van der Waals surface area contributed by atoms with E-state index in [1.54, 1.807) is 42.5 Å². The van der Waals surface area contributed by atoms with Gasteiger partial charge in [0.2, 0.25) is 0 Å². The fourth-order valence-electron chi connectivity index (χ4n) is 3.47. The second-order valence-electron chi connectivity index (χ2n) is 7.33. The van der Waals surface area contributed by atoms with Crippen molar-refractivity contribution >= 4 is 17.5 Å². The Morgan fingerprint density at radius 3 is 2.30 bits per heavy atom. The van der Waals surface area contributed by atoms with Crippen LogP contribution >= 0.6 is 0 Å². The zero-order chi connectivity index (χ0) is 20.8. The first-order valence-corrected chi connectivity index (χ1v) is 10.2. The molecule has 2 amide bonds. The van der Waals surface area contributed by atoms with Gasteiger partial charge in [-0.2, -0.15) is 0 Å². The third-order valence-corrected chi connectivity index (χ3v) is 5.13. The van der Waals surface area contributed by atoms with Gasteiger partial charge in [-0.1, -0.05) is 36.4 Å². The highest BCUT2D eigenvalue weighted by Gasteiger charge is 2.19. The van der Waals surface area contributed by atoms with Crippen molar-refractivity contribution < 1.29 is 14.3 Å². The third kappa shape index (κ3) is 4.87. The summed E-state index contributed by atoms with van der Waals surface area (Å²) in [6, 6.07) is 24.0. The molecule has 1 aliphatic rings. The smallest absolute Gasteiger partial charge is 0.255 e. The van der Waals surface area contributed by atoms with E-state index in [2.05, 4.69) is 5.32 Å². The maximum absolute atomic E-state index is 12.6. The summed E-state index contributed by atoms with van der Waals surface area (Å²) >= 11 is 0. The van der Waals surface area contributed by atoms with Crippen LogP contribution in [0.15, 0.2) is 78.9 Å². The van der Waals surface area contributed by atoms with Crippen molar-refractivity contribution in [1.82, 2.24) is 4.90 Å². The van der Waals surface area contributed by atoms with E-state index in [-0.39, 0.29) is 11.8 Å². The van der Waals surface area contributed by atoms with Gasteiger partial charge in [0.25, 0.3) is 11.8 Å². The number of likely N-dealkylation sites (tertiary alicyclic amines) is 1. The summed E-state index contributed by atoms with van der Waals surface area (Å²) in [5.41, 5.74) is 2.87. The van der Waals surface area contributed by atoms with Gasteiger partial charge in [-0.3, -0.25) is 9.59 Å². The summed E-state index contributed by atoms with van der Waals surface area (Å²) in [4.78, 5) is 26.9. The van der Waals surface area contributed by atoms with Crippen molar-refractivity contribution in [3.05, 3.63) is 95.6 Å². The summed E-state index contributed by atoms with van der Waals surface area (Å²) in [6.07, 6.45) is 2.13. The van der Waals surface area contributed by atoms with E-state index in [9.17, 15) is 9.59 Å². The maximum Gasteiger partial charge on any atom is 0.255 e. The van der Waals surface area contributed by atoms with Crippen LogP contribution in [0.3, 0.4) is 0 Å². The Morgan fingerprint density at radius 2 is 1.57 bits per heavy atom. The molecule has 5 nitrogen and oxygen atoms in total. The molecule has 0 atom stereocenters. The Labute approximate surface area is 176 Å². The number of carbonyl (C=O) groups is 2. The second-order valence-corrected chi connectivity index (χ2v) is 7.33. The molecule has 1 saturated heterocycles. The van der Waals surface area contributed by atoms with Crippen LogP contribution in [0.4, 0.5) is 5.69 Å². The standard InChI is InChI=1S/C25H24N2O3/c28-24(21-9-6-10-23(17-21)30-18-19-7-2-1-3-8-19)26-22-13-11-20(12-14-22)25(29)27-15-4-5-16-27/h1-3,6-14,17H,4-5,15-16,18H2,(H,26,28). The van der Waals surface area contributed by atoms with Gasteiger partial charge >= 0.3 is 0 Å². The molecule has 1 aliphatic heterocycles. The Hall–Kier alpha value is -3.60. The van der Waals surface area contributed by atoms with Crippen LogP contribution in [0.1, 0.15) is 39.1 Å². The summed E-state index contributed by atoms with van der Waals surface area (Å²) in [5.74, 6) is 0.463. The van der Waals surface area contributed by atoms with E-state index in [0.29, 0.717) is 29.2 Å². The molecule has 0 saturated carbocycles. The predicted molar refractivity (Wildman–Crippen MR) is 117 cm³/mol. The van der Waals surface area contributed by atoms with Crippen molar-refractivity contribution in [2.45, 2.75) is 19.4 Å². The largest absolute Gasteiger partial charge is 0.489 e. The SMILES string of the molecule is O=C(Nc1ccc(C(=O)N2CCCC2)cc1)c1cccc(OCc2ccccc2)c1. The van der Waals surface area contributed by atoms with Crippen LogP contribution in [0, 0.1) is 0 Å². The summed E-state index contributed by atoms with van der Waals surface area (Å²) < 4.78 is 5.80. The van der Waals surface area contributed by atoms with Gasteiger partial charge in [0, 0.05) is 29.9 Å². The number of amides is 2. The average Bonchev–Trinajstić information content (AvgIpc) is 3.34. The van der Waals surface area contributed by atoms with E-state index in [1.165, 1.54) is 0 Å². The Bertz CT molecular complexity index is 1010. The molecule has 3 aromatic rings. The van der Waals surface area contributed by atoms with Crippen LogP contribution in [-0.2, 0) is 6.61 Å². The van der Waals surface area contributed by atoms with Crippen molar-refractivity contribution in [3.8, 4) is 5.75 Å². The number of ether oxygens (including phenoxy) is 1. The van der Waals surface area contributed by atoms with Crippen LogP contribution in [0.2, 0.25) is 0 Å². The molecule has 0 radical (unpaired) electrons. The summed E-state index contributed by atoms with van der Waals surface area (Å²) in [7, 11) is 0. The fourth-order valence-corrected chi connectivity index (χ4v) is 3.47. The monoisotopic (exact) mass is 400 g/mol. The number of rotatable bonds is 6. The zero-order valence-electron chi connectivity index (χ0n) is 16.7. The van der Waals surface area contributed by atoms with Crippen LogP contribution in [0.25, 0.3) is 0 Å². The lowest BCUT2D eigenvalue weighted by atomic mass is 10.1. The molecule has 4 rings (SSSR count). The second kappa shape index (κ2) is 9.27. The Morgan fingerprint density at radius 1 is 0.833 bits per heavy atom. The van der Waals surface area contributed by atoms with Crippen molar-refractivity contribution in [1.29, 1.82) is 0 Å². The third-order valence-electron chi connectivity index (χ3n) is 5.13. The van der Waals surface area contributed by atoms with Gasteiger partial charge in [-0.05, 0) is 60.9 Å². The lowest BCUT2D eigenvalue weighted by molar-refractivity contribution is 0.0792. The molecule has 0 spiro atoms. The molecular formula is C25H24N2O3. The van der Waals surface area contributed by atoms with Crippen LogP contribution in [-0.4, -0.2) is 29.8 Å². The highest BCUT2D eigenvalue weighted by Crippen LogP contribution is 2.18. The molecule has 0 aromatic heterocycles. The molecule has 1 heterocycles. The number of hydrogen-bond acceptors (Lipinski definition) is 3. The van der Waals surface area contributed by atoms with Crippen LogP contribution in [0.5, 0.6) is 5.75 Å². The van der Waals surface area contributed by atoms with Gasteiger partial charge in [0.15, 0.2) is 0 Å². The minimum absolute atomic E-state index is 0.0497. The Balaban J connectivity index is 1.37. The van der Waals surface area contributed by atoms with Gasteiger partial charge in [-0.25, -0.2) is 0 Å². The molecule has 3 aromatic carbocycles. The molecule has 0 bridgehead atoms. The van der Waals surface area contributed by atoms with Crippen LogP contribution < -0.4 is 10.1 Å². The van der Waals surface area contributed by atoms with Gasteiger partial charge in [0.1, 0.15) is 12.4 Å². The quantitative estimate of drug-likeness (QED) is 0.649. The average molecular weight is 400 g/mol. The summed E-state index contributed by atoms with van der Waals surface area (Å²) in [6.45, 7) is 2.08. The topological polar surface area (TPSA) is 58.6 Å². The molecule has 152 valence electrons. The van der Waals surface area contributed by atoms with E-state index < -0.39 is 0 Å². The minimum atomic E-state index is -0.223. The first-order chi connectivity index (χ1) is 14.7. The van der Waals surface area contributed by atoms with Crippen molar-refractivity contribution in [2.24, 2.45) is 0 Å². The van der Waals surface area contributed by atoms with Gasteiger partial charge in [-0.15, -0.1) is 0 Å². The van der Waals surface area contributed by atoms with Gasteiger partial charge < -0.3 is 15.0 Å². The van der Waals surface area contributed by atoms with E-state index in [4.69, 9.17) is 4.74 Å². The van der Waals surface area contributed by atoms with Crippen molar-refractivity contribution in [3.63, 3.8) is 0 Å². The van der Waals surface area contributed by atoms with E-state index in [1.807, 2.05) is 41.3 Å². The lowest BCUT2D eigenvalue weighted by Crippen LogP contribution is -2.27. The number of carbonyl (C=O) groups excluding carboxylic acids is 2. The number of benzene rings is 3. The number of nitrogens with one attached hydrogen (secondary N) is 1. The molecule has 1 fully saturated rings. The van der Waals surface area contributed by atoms with E-state index in [0.717, 1.165) is 31.5 Å². The van der Waals surface area contributed by atoms with Gasteiger partial charge in [0.05, 0.1) is 0 Å². The molecule has 30 heavy (non-hydrogen) atoms. The first kappa shape index (κ1) is 19.7. The molecule has 0 aliphatic carbocycles. The molecule has 1 N–H and O–H groups in total.